The van der Waals surface area contributed by atoms with Gasteiger partial charge in [-0.25, -0.2) is 9.59 Å². The van der Waals surface area contributed by atoms with E-state index in [0.717, 1.165) is 31.2 Å². The van der Waals surface area contributed by atoms with Crippen LogP contribution in [-0.2, 0) is 30.4 Å². The number of alkyl carbamates (subject to hydrolysis) is 1. The van der Waals surface area contributed by atoms with Crippen LogP contribution in [0.5, 0.6) is 0 Å². The number of fused-ring (bicyclic) bond motifs is 2. The van der Waals surface area contributed by atoms with E-state index < -0.39 is 35.3 Å². The molecule has 1 saturated carbocycles. The van der Waals surface area contributed by atoms with E-state index >= 15 is 0 Å². The first kappa shape index (κ1) is 32.0. The molecule has 4 atom stereocenters. The molecule has 3 N–H and O–H groups in total. The molecule has 1 aromatic carbocycles. The van der Waals surface area contributed by atoms with Crippen LogP contribution < -0.4 is 16.0 Å². The number of benzene rings is 1. The molecule has 0 spiro atoms. The van der Waals surface area contributed by atoms with E-state index in [1.54, 1.807) is 45.0 Å². The average Bonchev–Trinajstić information content (AvgIpc) is 3.42. The van der Waals surface area contributed by atoms with Crippen LogP contribution in [0.4, 0.5) is 4.79 Å². The maximum atomic E-state index is 13.7. The highest BCUT2D eigenvalue weighted by Crippen LogP contribution is 2.45. The third-order valence-electron chi connectivity index (χ3n) is 8.13. The molecule has 2 fully saturated rings. The first-order valence-corrected chi connectivity index (χ1v) is 15.2. The number of hydrogen-bond acceptors (Lipinski definition) is 7. The minimum Gasteiger partial charge on any atom is -0.465 e. The number of rotatable bonds is 5. The van der Waals surface area contributed by atoms with Crippen molar-refractivity contribution in [3.05, 3.63) is 47.5 Å². The summed E-state index contributed by atoms with van der Waals surface area (Å²) in [4.78, 5) is 67.1. The molecule has 0 aromatic heterocycles. The third kappa shape index (κ3) is 8.14. The Labute approximate surface area is 253 Å². The summed E-state index contributed by atoms with van der Waals surface area (Å²) in [7, 11) is 1.31. The van der Waals surface area contributed by atoms with Crippen LogP contribution in [0.25, 0.3) is 0 Å². The molecule has 1 aromatic rings. The molecule has 2 heterocycles. The average molecular weight is 597 g/mol. The summed E-state index contributed by atoms with van der Waals surface area (Å²) >= 11 is 0. The second-order valence-electron chi connectivity index (χ2n) is 12.6. The number of nitrogens with one attached hydrogen (secondary N) is 3. The SMILES string of the molecule is COC(=O)c1cccc(CNC(=O)[C@@]23C[C@@H]2/C=C\CCCCC[C@H](NC(=O)OC(C)(C)C)C(=O)N2CCC[C@H]2C(=O)N3)c1. The van der Waals surface area contributed by atoms with E-state index in [4.69, 9.17) is 9.47 Å². The van der Waals surface area contributed by atoms with Crippen molar-refractivity contribution in [2.24, 2.45) is 5.92 Å². The summed E-state index contributed by atoms with van der Waals surface area (Å²) in [5, 5.41) is 8.69. The van der Waals surface area contributed by atoms with Gasteiger partial charge in [0.1, 0.15) is 23.2 Å². The number of amides is 4. The fraction of sp³-hybridized carbons (Fsp3) is 0.594. The van der Waals surface area contributed by atoms with Gasteiger partial charge in [0.05, 0.1) is 12.7 Å². The molecule has 0 unspecified atom stereocenters. The molecule has 11 heteroatoms. The van der Waals surface area contributed by atoms with Crippen LogP contribution in [-0.4, -0.2) is 71.6 Å². The van der Waals surface area contributed by atoms with Gasteiger partial charge in [-0.15, -0.1) is 0 Å². The van der Waals surface area contributed by atoms with Gasteiger partial charge in [0.15, 0.2) is 0 Å². The molecule has 11 nitrogen and oxygen atoms in total. The Morgan fingerprint density at radius 1 is 1.09 bits per heavy atom. The summed E-state index contributed by atoms with van der Waals surface area (Å²) in [5.74, 6) is -1.64. The number of nitrogens with zero attached hydrogens (tertiary/aromatic N) is 1. The van der Waals surface area contributed by atoms with E-state index in [2.05, 4.69) is 22.0 Å². The first-order valence-electron chi connectivity index (χ1n) is 15.2. The Kier molecular flexibility index (Phi) is 10.1. The highest BCUT2D eigenvalue weighted by molar-refractivity contribution is 5.98. The lowest BCUT2D eigenvalue weighted by molar-refractivity contribution is -0.141. The lowest BCUT2D eigenvalue weighted by Gasteiger charge is -2.30. The summed E-state index contributed by atoms with van der Waals surface area (Å²) in [5.41, 5.74) is -0.735. The van der Waals surface area contributed by atoms with Gasteiger partial charge in [0.25, 0.3) is 0 Å². The Morgan fingerprint density at radius 2 is 1.88 bits per heavy atom. The van der Waals surface area contributed by atoms with E-state index in [-0.39, 0.29) is 30.2 Å². The van der Waals surface area contributed by atoms with Crippen LogP contribution in [0.3, 0.4) is 0 Å². The van der Waals surface area contributed by atoms with Gasteiger partial charge in [-0.05, 0) is 77.0 Å². The van der Waals surface area contributed by atoms with Gasteiger partial charge >= 0.3 is 12.1 Å². The van der Waals surface area contributed by atoms with E-state index in [1.807, 2.05) is 6.08 Å². The van der Waals surface area contributed by atoms with Crippen molar-refractivity contribution in [1.82, 2.24) is 20.9 Å². The minimum atomic E-state index is -1.13. The molecule has 234 valence electrons. The predicted octanol–water partition coefficient (Wildman–Crippen LogP) is 3.37. The quantitative estimate of drug-likeness (QED) is 0.349. The van der Waals surface area contributed by atoms with Gasteiger partial charge in [0.2, 0.25) is 17.7 Å². The topological polar surface area (TPSA) is 143 Å². The van der Waals surface area contributed by atoms with Crippen LogP contribution >= 0.6 is 0 Å². The molecular formula is C32H44N4O7. The highest BCUT2D eigenvalue weighted by atomic mass is 16.6. The maximum Gasteiger partial charge on any atom is 0.408 e. The molecule has 4 amide bonds. The zero-order valence-corrected chi connectivity index (χ0v) is 25.6. The van der Waals surface area contributed by atoms with Crippen molar-refractivity contribution in [3.8, 4) is 0 Å². The molecule has 2 aliphatic heterocycles. The maximum absolute atomic E-state index is 13.7. The second-order valence-corrected chi connectivity index (χ2v) is 12.6. The van der Waals surface area contributed by atoms with Crippen molar-refractivity contribution in [1.29, 1.82) is 0 Å². The fourth-order valence-corrected chi connectivity index (χ4v) is 5.81. The number of esters is 1. The molecule has 3 aliphatic rings. The Bertz CT molecular complexity index is 1260. The second kappa shape index (κ2) is 13.6. The summed E-state index contributed by atoms with van der Waals surface area (Å²) < 4.78 is 10.2. The monoisotopic (exact) mass is 596 g/mol. The van der Waals surface area contributed by atoms with Crippen LogP contribution in [0.15, 0.2) is 36.4 Å². The van der Waals surface area contributed by atoms with E-state index in [0.29, 0.717) is 37.8 Å². The molecular weight excluding hydrogens is 552 g/mol. The van der Waals surface area contributed by atoms with Crippen molar-refractivity contribution >= 4 is 29.8 Å². The van der Waals surface area contributed by atoms with Crippen molar-refractivity contribution in [2.75, 3.05) is 13.7 Å². The van der Waals surface area contributed by atoms with Crippen molar-refractivity contribution in [2.45, 2.75) is 102 Å². The van der Waals surface area contributed by atoms with Crippen LogP contribution in [0.2, 0.25) is 0 Å². The number of carbonyl (C=O) groups excluding carboxylic acids is 5. The minimum absolute atomic E-state index is 0.170. The Morgan fingerprint density at radius 3 is 2.63 bits per heavy atom. The number of ether oxygens (including phenoxy) is 2. The zero-order chi connectivity index (χ0) is 31.2. The van der Waals surface area contributed by atoms with E-state index in [1.165, 1.54) is 12.0 Å². The van der Waals surface area contributed by atoms with Crippen LogP contribution in [0.1, 0.15) is 88.1 Å². The normalized spacial score (nSPS) is 26.9. The van der Waals surface area contributed by atoms with Crippen molar-refractivity contribution < 1.29 is 33.4 Å². The van der Waals surface area contributed by atoms with Gasteiger partial charge < -0.3 is 30.3 Å². The smallest absolute Gasteiger partial charge is 0.408 e. The van der Waals surface area contributed by atoms with Gasteiger partial charge in [0, 0.05) is 19.0 Å². The third-order valence-corrected chi connectivity index (χ3v) is 8.13. The molecule has 0 radical (unpaired) electrons. The van der Waals surface area contributed by atoms with Gasteiger partial charge in [-0.2, -0.15) is 0 Å². The Balaban J connectivity index is 1.50. The zero-order valence-electron chi connectivity index (χ0n) is 25.6. The lowest BCUT2D eigenvalue weighted by Crippen LogP contribution is -2.57. The van der Waals surface area contributed by atoms with Gasteiger partial charge in [-0.1, -0.05) is 37.1 Å². The van der Waals surface area contributed by atoms with E-state index in [9.17, 15) is 24.0 Å². The summed E-state index contributed by atoms with van der Waals surface area (Å²) in [6.45, 7) is 5.84. The predicted molar refractivity (Wildman–Crippen MR) is 159 cm³/mol. The summed E-state index contributed by atoms with van der Waals surface area (Å²) in [6, 6.07) is 5.26. The highest BCUT2D eigenvalue weighted by Gasteiger charge is 2.60. The Hall–Kier alpha value is -3.89. The van der Waals surface area contributed by atoms with Crippen LogP contribution in [0, 0.1) is 5.92 Å². The number of allylic oxidation sites excluding steroid dienone is 1. The lowest BCUT2D eigenvalue weighted by atomic mass is 10.0. The van der Waals surface area contributed by atoms with Gasteiger partial charge in [-0.3, -0.25) is 14.4 Å². The largest absolute Gasteiger partial charge is 0.465 e. The summed E-state index contributed by atoms with van der Waals surface area (Å²) in [6.07, 6.45) is 8.68. The number of hydrogen-bond donors (Lipinski definition) is 3. The molecule has 0 bridgehead atoms. The molecule has 43 heavy (non-hydrogen) atoms. The standard InChI is InChI=1S/C32H44N4O7/c1-31(2,3)43-30(41)34-24-15-9-7-5-6-8-14-23-19-32(23,35-26(37)25-16-11-17-36(25)27(24)38)29(40)33-20-21-12-10-13-22(18-21)28(39)42-4/h8,10,12-14,18,23-25H,5-7,9,11,15-17,19-20H2,1-4H3,(H,33,40)(H,34,41)(H,35,37)/b14-8-/t23-,24-,25-,32+/m0/s1. The molecule has 1 saturated heterocycles. The fourth-order valence-electron chi connectivity index (χ4n) is 5.81. The van der Waals surface area contributed by atoms with Crippen molar-refractivity contribution in [3.63, 3.8) is 0 Å². The first-order chi connectivity index (χ1) is 20.4. The number of methoxy groups -OCH3 is 1. The number of carbonyl (C=O) groups is 5. The molecule has 4 rings (SSSR count). The molecule has 1 aliphatic carbocycles.